The molecule has 0 amide bonds. The third-order valence-corrected chi connectivity index (χ3v) is 1.55. The molecule has 0 radical (unpaired) electrons. The summed E-state index contributed by atoms with van der Waals surface area (Å²) in [6.45, 7) is 4.32. The Morgan fingerprint density at radius 2 is 2.00 bits per heavy atom. The van der Waals surface area contributed by atoms with Crippen molar-refractivity contribution in [2.45, 2.75) is 18.2 Å². The third-order valence-electron chi connectivity index (χ3n) is 1.09. The van der Waals surface area contributed by atoms with E-state index in [-0.39, 0.29) is 0 Å². The van der Waals surface area contributed by atoms with E-state index in [1.165, 1.54) is 0 Å². The Kier molecular flexibility index (Phi) is 7.81. The second-order valence-corrected chi connectivity index (χ2v) is 3.74. The predicted molar refractivity (Wildman–Crippen MR) is 45.7 cm³/mol. The lowest BCUT2D eigenvalue weighted by Gasteiger charge is -2.03. The lowest BCUT2D eigenvalue weighted by atomic mass is 10.4. The number of methoxy groups -OCH3 is 1. The summed E-state index contributed by atoms with van der Waals surface area (Å²) in [5.41, 5.74) is 0. The lowest BCUT2D eigenvalue weighted by Crippen LogP contribution is -2.05. The van der Waals surface area contributed by atoms with E-state index >= 15 is 0 Å². The van der Waals surface area contributed by atoms with Crippen LogP contribution < -0.4 is 0 Å². The molecular formula is C7H15BrO2. The van der Waals surface area contributed by atoms with Gasteiger partial charge < -0.3 is 9.47 Å². The zero-order chi connectivity index (χ0) is 7.82. The van der Waals surface area contributed by atoms with Gasteiger partial charge in [0, 0.05) is 18.5 Å². The predicted octanol–water partition coefficient (Wildman–Crippen LogP) is 1.82. The minimum atomic E-state index is 0.551. The molecule has 0 bridgehead atoms. The summed E-state index contributed by atoms with van der Waals surface area (Å²) >= 11 is 3.43. The first-order chi connectivity index (χ1) is 4.77. The van der Waals surface area contributed by atoms with E-state index in [2.05, 4.69) is 22.9 Å². The van der Waals surface area contributed by atoms with E-state index in [9.17, 15) is 0 Å². The van der Waals surface area contributed by atoms with Crippen LogP contribution in [0.1, 0.15) is 13.3 Å². The normalized spacial score (nSPS) is 13.5. The summed E-state index contributed by atoms with van der Waals surface area (Å²) < 4.78 is 10.0. The highest BCUT2D eigenvalue weighted by Gasteiger charge is 1.94. The Morgan fingerprint density at radius 1 is 1.30 bits per heavy atom. The Labute approximate surface area is 71.0 Å². The molecule has 0 rings (SSSR count). The zero-order valence-corrected chi connectivity index (χ0v) is 8.19. The van der Waals surface area contributed by atoms with Crippen LogP contribution in [0.3, 0.4) is 0 Å². The van der Waals surface area contributed by atoms with Gasteiger partial charge in [-0.1, -0.05) is 22.9 Å². The fourth-order valence-electron chi connectivity index (χ4n) is 0.490. The van der Waals surface area contributed by atoms with Crippen LogP contribution in [0, 0.1) is 0 Å². The van der Waals surface area contributed by atoms with Gasteiger partial charge >= 0.3 is 0 Å². The first kappa shape index (κ1) is 10.4. The van der Waals surface area contributed by atoms with Crippen LogP contribution in [0.25, 0.3) is 0 Å². The van der Waals surface area contributed by atoms with Crippen molar-refractivity contribution in [3.8, 4) is 0 Å². The Bertz CT molecular complexity index is 66.6. The molecule has 10 heavy (non-hydrogen) atoms. The first-order valence-electron chi connectivity index (χ1n) is 3.48. The number of rotatable bonds is 6. The van der Waals surface area contributed by atoms with Crippen LogP contribution in [-0.4, -0.2) is 31.8 Å². The third kappa shape index (κ3) is 8.40. The second-order valence-electron chi connectivity index (χ2n) is 2.17. The van der Waals surface area contributed by atoms with Crippen molar-refractivity contribution in [1.82, 2.24) is 0 Å². The van der Waals surface area contributed by atoms with Gasteiger partial charge in [0.25, 0.3) is 0 Å². The highest BCUT2D eigenvalue weighted by atomic mass is 79.9. The van der Waals surface area contributed by atoms with E-state index in [0.29, 0.717) is 18.0 Å². The average molecular weight is 211 g/mol. The summed E-state index contributed by atoms with van der Waals surface area (Å²) in [6.07, 6.45) is 1.06. The molecule has 0 spiro atoms. The minimum absolute atomic E-state index is 0.551. The van der Waals surface area contributed by atoms with Crippen LogP contribution >= 0.6 is 15.9 Å². The summed E-state index contributed by atoms with van der Waals surface area (Å²) in [6, 6.07) is 0. The number of hydrogen-bond acceptors (Lipinski definition) is 2. The number of hydrogen-bond donors (Lipinski definition) is 0. The van der Waals surface area contributed by atoms with E-state index < -0.39 is 0 Å². The van der Waals surface area contributed by atoms with E-state index in [1.807, 2.05) is 0 Å². The summed E-state index contributed by atoms with van der Waals surface area (Å²) in [5, 5.41) is 0. The molecule has 0 fully saturated rings. The fraction of sp³-hybridized carbons (Fsp3) is 1.00. The summed E-state index contributed by atoms with van der Waals surface area (Å²) in [7, 11) is 1.68. The van der Waals surface area contributed by atoms with Crippen molar-refractivity contribution in [2.24, 2.45) is 0 Å². The van der Waals surface area contributed by atoms with Gasteiger partial charge in [-0.25, -0.2) is 0 Å². The van der Waals surface area contributed by atoms with Crippen molar-refractivity contribution in [2.75, 3.05) is 26.9 Å². The maximum atomic E-state index is 5.23. The van der Waals surface area contributed by atoms with Crippen molar-refractivity contribution in [3.63, 3.8) is 0 Å². The van der Waals surface area contributed by atoms with Crippen LogP contribution in [-0.2, 0) is 9.47 Å². The zero-order valence-electron chi connectivity index (χ0n) is 6.60. The first-order valence-corrected chi connectivity index (χ1v) is 4.39. The maximum Gasteiger partial charge on any atom is 0.0700 e. The summed E-state index contributed by atoms with van der Waals surface area (Å²) in [5.74, 6) is 0. The smallest absolute Gasteiger partial charge is 0.0700 e. The Morgan fingerprint density at radius 3 is 2.50 bits per heavy atom. The van der Waals surface area contributed by atoms with Crippen LogP contribution in [0.15, 0.2) is 0 Å². The molecule has 0 heterocycles. The SMILES string of the molecule is COCCOCCC(C)Br. The molecule has 0 aliphatic carbocycles. The van der Waals surface area contributed by atoms with Crippen molar-refractivity contribution >= 4 is 15.9 Å². The number of ether oxygens (including phenoxy) is 2. The van der Waals surface area contributed by atoms with Gasteiger partial charge in [0.05, 0.1) is 13.2 Å². The highest BCUT2D eigenvalue weighted by molar-refractivity contribution is 9.09. The monoisotopic (exact) mass is 210 g/mol. The van der Waals surface area contributed by atoms with Crippen molar-refractivity contribution in [1.29, 1.82) is 0 Å². The van der Waals surface area contributed by atoms with Gasteiger partial charge in [0.1, 0.15) is 0 Å². The van der Waals surface area contributed by atoms with E-state index in [4.69, 9.17) is 9.47 Å². The number of alkyl halides is 1. The van der Waals surface area contributed by atoms with E-state index in [1.54, 1.807) is 7.11 Å². The number of halogens is 1. The van der Waals surface area contributed by atoms with E-state index in [0.717, 1.165) is 13.0 Å². The molecule has 0 aliphatic rings. The second kappa shape index (κ2) is 7.51. The molecule has 0 N–H and O–H groups in total. The Hall–Kier alpha value is 0.400. The van der Waals surface area contributed by atoms with Crippen LogP contribution in [0.2, 0.25) is 0 Å². The highest BCUT2D eigenvalue weighted by Crippen LogP contribution is 2.02. The molecule has 3 heteroatoms. The largest absolute Gasteiger partial charge is 0.382 e. The van der Waals surface area contributed by atoms with Gasteiger partial charge in [-0.3, -0.25) is 0 Å². The molecule has 2 nitrogen and oxygen atoms in total. The molecule has 0 saturated carbocycles. The van der Waals surface area contributed by atoms with Gasteiger partial charge in [-0.2, -0.15) is 0 Å². The minimum Gasteiger partial charge on any atom is -0.382 e. The van der Waals surface area contributed by atoms with Gasteiger partial charge in [-0.05, 0) is 6.42 Å². The van der Waals surface area contributed by atoms with Crippen molar-refractivity contribution in [3.05, 3.63) is 0 Å². The molecule has 62 valence electrons. The molecule has 0 aliphatic heterocycles. The molecular weight excluding hydrogens is 196 g/mol. The lowest BCUT2D eigenvalue weighted by molar-refractivity contribution is 0.0698. The molecule has 0 aromatic carbocycles. The molecule has 0 aromatic rings. The molecule has 0 saturated heterocycles. The van der Waals surface area contributed by atoms with Gasteiger partial charge in [-0.15, -0.1) is 0 Å². The Balaban J connectivity index is 2.77. The van der Waals surface area contributed by atoms with Gasteiger partial charge in [0.15, 0.2) is 0 Å². The standard InChI is InChI=1S/C7H15BrO2/c1-7(8)3-4-10-6-5-9-2/h7H,3-6H2,1-2H3. The topological polar surface area (TPSA) is 18.5 Å². The van der Waals surface area contributed by atoms with Crippen LogP contribution in [0.4, 0.5) is 0 Å². The average Bonchev–Trinajstić information content (AvgIpc) is 1.87. The molecule has 1 atom stereocenters. The van der Waals surface area contributed by atoms with Gasteiger partial charge in [0.2, 0.25) is 0 Å². The fourth-order valence-corrected chi connectivity index (χ4v) is 0.677. The van der Waals surface area contributed by atoms with Crippen molar-refractivity contribution < 1.29 is 9.47 Å². The maximum absolute atomic E-state index is 5.23. The molecule has 1 unspecified atom stereocenters. The quantitative estimate of drug-likeness (QED) is 0.492. The van der Waals surface area contributed by atoms with Crippen LogP contribution in [0.5, 0.6) is 0 Å². The molecule has 0 aromatic heterocycles. The summed E-state index contributed by atoms with van der Waals surface area (Å²) in [4.78, 5) is 0.551.